The molecular formula is C13H19NO2S. The summed E-state index contributed by atoms with van der Waals surface area (Å²) in [5, 5.41) is 10.9. The molecule has 1 N–H and O–H groups in total. The zero-order chi connectivity index (χ0) is 12.6. The Hall–Kier alpha value is -1.03. The van der Waals surface area contributed by atoms with Crippen LogP contribution in [0.15, 0.2) is 11.4 Å². The Morgan fingerprint density at radius 3 is 2.71 bits per heavy atom. The van der Waals surface area contributed by atoms with Gasteiger partial charge in [-0.2, -0.15) is 0 Å². The topological polar surface area (TPSA) is 40.5 Å². The number of carboxylic acids is 1. The Kier molecular flexibility index (Phi) is 3.17. The summed E-state index contributed by atoms with van der Waals surface area (Å²) in [6, 6.07) is 1.79. The number of thiophene rings is 1. The van der Waals surface area contributed by atoms with E-state index >= 15 is 0 Å². The summed E-state index contributed by atoms with van der Waals surface area (Å²) >= 11 is 1.31. The van der Waals surface area contributed by atoms with E-state index in [2.05, 4.69) is 25.7 Å². The SMILES string of the molecule is CC(C)(C)C1CCN(c2csc(C(=O)O)c2)C1. The van der Waals surface area contributed by atoms with Crippen molar-refractivity contribution in [3.05, 3.63) is 16.3 Å². The van der Waals surface area contributed by atoms with Crippen LogP contribution in [0.2, 0.25) is 0 Å². The Bertz CT molecular complexity index is 419. The minimum Gasteiger partial charge on any atom is -0.477 e. The molecule has 1 aliphatic heterocycles. The number of hydrogen-bond donors (Lipinski definition) is 1. The van der Waals surface area contributed by atoms with Crippen LogP contribution in [0.3, 0.4) is 0 Å². The highest BCUT2D eigenvalue weighted by molar-refractivity contribution is 7.12. The molecule has 4 heteroatoms. The van der Waals surface area contributed by atoms with Crippen LogP contribution in [0.5, 0.6) is 0 Å². The fraction of sp³-hybridized carbons (Fsp3) is 0.615. The second-order valence-electron chi connectivity index (χ2n) is 5.77. The molecule has 0 aliphatic carbocycles. The molecule has 0 radical (unpaired) electrons. The van der Waals surface area contributed by atoms with Crippen molar-refractivity contribution in [2.75, 3.05) is 18.0 Å². The van der Waals surface area contributed by atoms with E-state index in [1.165, 1.54) is 17.8 Å². The molecule has 1 aromatic rings. The predicted molar refractivity (Wildman–Crippen MR) is 71.1 cm³/mol. The highest BCUT2D eigenvalue weighted by atomic mass is 32.1. The van der Waals surface area contributed by atoms with E-state index in [0.717, 1.165) is 18.8 Å². The summed E-state index contributed by atoms with van der Waals surface area (Å²) in [4.78, 5) is 13.6. The summed E-state index contributed by atoms with van der Waals surface area (Å²) in [6.07, 6.45) is 1.20. The molecule has 2 heterocycles. The van der Waals surface area contributed by atoms with Crippen LogP contribution in [0.1, 0.15) is 36.9 Å². The van der Waals surface area contributed by atoms with Gasteiger partial charge in [0.25, 0.3) is 0 Å². The van der Waals surface area contributed by atoms with Crippen LogP contribution in [-0.2, 0) is 0 Å². The molecule has 1 saturated heterocycles. The van der Waals surface area contributed by atoms with E-state index in [9.17, 15) is 4.79 Å². The van der Waals surface area contributed by atoms with Gasteiger partial charge in [0, 0.05) is 24.2 Å². The molecule has 3 nitrogen and oxygen atoms in total. The third kappa shape index (κ3) is 2.63. The highest BCUT2D eigenvalue weighted by Gasteiger charge is 2.32. The zero-order valence-corrected chi connectivity index (χ0v) is 11.4. The minimum atomic E-state index is -0.826. The van der Waals surface area contributed by atoms with Gasteiger partial charge in [-0.05, 0) is 23.8 Å². The number of nitrogens with zero attached hydrogens (tertiary/aromatic N) is 1. The van der Waals surface area contributed by atoms with Crippen LogP contribution >= 0.6 is 11.3 Å². The molecule has 1 unspecified atom stereocenters. The first kappa shape index (κ1) is 12.4. The lowest BCUT2D eigenvalue weighted by atomic mass is 9.80. The number of carbonyl (C=O) groups is 1. The third-order valence-electron chi connectivity index (χ3n) is 3.57. The van der Waals surface area contributed by atoms with Gasteiger partial charge in [-0.1, -0.05) is 20.8 Å². The number of hydrogen-bond acceptors (Lipinski definition) is 3. The summed E-state index contributed by atoms with van der Waals surface area (Å²) < 4.78 is 0. The Morgan fingerprint density at radius 1 is 1.53 bits per heavy atom. The van der Waals surface area contributed by atoms with E-state index in [1.807, 2.05) is 5.38 Å². The Morgan fingerprint density at radius 2 is 2.24 bits per heavy atom. The fourth-order valence-corrected chi connectivity index (χ4v) is 3.06. The lowest BCUT2D eigenvalue weighted by Gasteiger charge is -2.27. The molecule has 17 heavy (non-hydrogen) atoms. The maximum absolute atomic E-state index is 10.8. The summed E-state index contributed by atoms with van der Waals surface area (Å²) in [5.41, 5.74) is 1.40. The second kappa shape index (κ2) is 4.33. The number of rotatable bonds is 2. The molecule has 0 bridgehead atoms. The quantitative estimate of drug-likeness (QED) is 0.879. The Labute approximate surface area is 106 Å². The van der Waals surface area contributed by atoms with E-state index in [-0.39, 0.29) is 0 Å². The number of carboxylic acid groups (broad SMARTS) is 1. The molecule has 1 atom stereocenters. The van der Waals surface area contributed by atoms with Gasteiger partial charge in [-0.15, -0.1) is 11.3 Å². The molecule has 2 rings (SSSR count). The molecule has 1 aromatic heterocycles. The van der Waals surface area contributed by atoms with Crippen LogP contribution < -0.4 is 4.90 Å². The zero-order valence-electron chi connectivity index (χ0n) is 10.6. The molecule has 1 fully saturated rings. The molecule has 0 spiro atoms. The smallest absolute Gasteiger partial charge is 0.345 e. The van der Waals surface area contributed by atoms with Gasteiger partial charge >= 0.3 is 5.97 Å². The summed E-state index contributed by atoms with van der Waals surface area (Å²) in [6.45, 7) is 8.91. The van der Waals surface area contributed by atoms with Crippen molar-refractivity contribution in [3.63, 3.8) is 0 Å². The molecular weight excluding hydrogens is 234 g/mol. The first-order chi connectivity index (χ1) is 7.88. The Balaban J connectivity index is 2.07. The molecule has 0 saturated carbocycles. The first-order valence-electron chi connectivity index (χ1n) is 5.94. The van der Waals surface area contributed by atoms with Crippen LogP contribution in [0.25, 0.3) is 0 Å². The van der Waals surface area contributed by atoms with Crippen molar-refractivity contribution in [1.29, 1.82) is 0 Å². The van der Waals surface area contributed by atoms with Gasteiger partial charge in [-0.25, -0.2) is 4.79 Å². The highest BCUT2D eigenvalue weighted by Crippen LogP contribution is 2.36. The lowest BCUT2D eigenvalue weighted by molar-refractivity contribution is 0.0702. The van der Waals surface area contributed by atoms with Gasteiger partial charge in [0.1, 0.15) is 4.88 Å². The minimum absolute atomic E-state index is 0.334. The molecule has 1 aliphatic rings. The fourth-order valence-electron chi connectivity index (χ4n) is 2.31. The van der Waals surface area contributed by atoms with Crippen molar-refractivity contribution in [3.8, 4) is 0 Å². The average molecular weight is 253 g/mol. The van der Waals surface area contributed by atoms with E-state index in [1.54, 1.807) is 6.07 Å². The van der Waals surface area contributed by atoms with Crippen LogP contribution in [0.4, 0.5) is 5.69 Å². The van der Waals surface area contributed by atoms with E-state index in [0.29, 0.717) is 16.2 Å². The maximum Gasteiger partial charge on any atom is 0.345 e. The summed E-state index contributed by atoms with van der Waals surface area (Å²) in [5.74, 6) is -0.136. The normalized spacial score (nSPS) is 20.9. The predicted octanol–water partition coefficient (Wildman–Crippen LogP) is 3.32. The largest absolute Gasteiger partial charge is 0.477 e. The van der Waals surface area contributed by atoms with Gasteiger partial charge < -0.3 is 10.0 Å². The van der Waals surface area contributed by atoms with Crippen LogP contribution in [-0.4, -0.2) is 24.2 Å². The first-order valence-corrected chi connectivity index (χ1v) is 6.82. The lowest BCUT2D eigenvalue weighted by Crippen LogP contribution is -2.25. The summed E-state index contributed by atoms with van der Waals surface area (Å²) in [7, 11) is 0. The number of anilines is 1. The van der Waals surface area contributed by atoms with Gasteiger partial charge in [0.05, 0.1) is 0 Å². The van der Waals surface area contributed by atoms with Crippen molar-refractivity contribution < 1.29 is 9.90 Å². The van der Waals surface area contributed by atoms with Crippen molar-refractivity contribution in [2.45, 2.75) is 27.2 Å². The van der Waals surface area contributed by atoms with Crippen LogP contribution in [0, 0.1) is 11.3 Å². The van der Waals surface area contributed by atoms with E-state index in [4.69, 9.17) is 5.11 Å². The molecule has 94 valence electrons. The third-order valence-corrected chi connectivity index (χ3v) is 4.48. The monoisotopic (exact) mass is 253 g/mol. The van der Waals surface area contributed by atoms with Gasteiger partial charge in [-0.3, -0.25) is 0 Å². The van der Waals surface area contributed by atoms with Gasteiger partial charge in [0.2, 0.25) is 0 Å². The van der Waals surface area contributed by atoms with Crippen molar-refractivity contribution in [1.82, 2.24) is 0 Å². The van der Waals surface area contributed by atoms with E-state index < -0.39 is 5.97 Å². The number of aromatic carboxylic acids is 1. The standard InChI is InChI=1S/C13H19NO2S/c1-13(2,3)9-4-5-14(7-9)10-6-11(12(15)16)17-8-10/h6,8-9H,4-5,7H2,1-3H3,(H,15,16). The second-order valence-corrected chi connectivity index (χ2v) is 6.68. The molecule has 0 amide bonds. The van der Waals surface area contributed by atoms with Gasteiger partial charge in [0.15, 0.2) is 0 Å². The van der Waals surface area contributed by atoms with Crippen molar-refractivity contribution in [2.24, 2.45) is 11.3 Å². The molecule has 0 aromatic carbocycles. The average Bonchev–Trinajstić information content (AvgIpc) is 2.85. The van der Waals surface area contributed by atoms with Crippen molar-refractivity contribution >= 4 is 23.0 Å². The maximum atomic E-state index is 10.8.